The van der Waals surface area contributed by atoms with Gasteiger partial charge in [0.1, 0.15) is 0 Å². The molecule has 17 heavy (non-hydrogen) atoms. The molecule has 0 heterocycles. The second-order valence-electron chi connectivity index (χ2n) is 2.60. The Morgan fingerprint density at radius 2 is 0.882 bits per heavy atom. The number of carboxylic acids is 4. The van der Waals surface area contributed by atoms with Gasteiger partial charge in [-0.05, 0) is 12.8 Å². The average Bonchev–Trinajstić information content (AvgIpc) is 2.12. The molecule has 8 nitrogen and oxygen atoms in total. The number of aliphatic carboxylic acids is 4. The van der Waals surface area contributed by atoms with E-state index in [4.69, 9.17) is 30.0 Å². The number of unbranched alkanes of at least 4 members (excludes halogenated alkanes) is 1. The van der Waals surface area contributed by atoms with Gasteiger partial charge >= 0.3 is 75.3 Å². The van der Waals surface area contributed by atoms with Crippen molar-refractivity contribution in [2.45, 2.75) is 25.7 Å². The van der Waals surface area contributed by atoms with Gasteiger partial charge < -0.3 is 20.4 Å². The van der Waals surface area contributed by atoms with Crippen LogP contribution >= 0.6 is 0 Å². The van der Waals surface area contributed by atoms with Crippen LogP contribution in [-0.4, -0.2) is 95.7 Å². The maximum absolute atomic E-state index is 9.90. The van der Waals surface area contributed by atoms with Crippen molar-refractivity contribution in [3.8, 4) is 0 Å². The van der Waals surface area contributed by atoms with Crippen LogP contribution in [0.3, 0.4) is 0 Å². The van der Waals surface area contributed by atoms with Crippen LogP contribution in [0.1, 0.15) is 25.7 Å². The van der Waals surface area contributed by atoms with E-state index in [1.165, 1.54) is 0 Å². The molecular weight excluding hydrogens is 263 g/mol. The Morgan fingerprint density at radius 1 is 0.647 bits per heavy atom. The standard InChI is InChI=1S/C6H10O4.C2H2O4.K.H/c7-5(8)3-1-2-4-6(9)10;3-1(4)2(5)6;;/h1-4H2,(H,7,8)(H,9,10);(H,3,4)(H,5,6);;. The van der Waals surface area contributed by atoms with Crippen LogP contribution in [0.2, 0.25) is 0 Å². The van der Waals surface area contributed by atoms with Crippen LogP contribution in [0.5, 0.6) is 0 Å². The Kier molecular flexibility index (Phi) is 17.4. The monoisotopic (exact) mass is 276 g/mol. The molecule has 9 heteroatoms. The molecule has 0 saturated carbocycles. The molecule has 0 saturated heterocycles. The van der Waals surface area contributed by atoms with E-state index in [0.717, 1.165) is 0 Å². The summed E-state index contributed by atoms with van der Waals surface area (Å²) in [6, 6.07) is 0. The third kappa shape index (κ3) is 25.6. The van der Waals surface area contributed by atoms with E-state index in [1.807, 2.05) is 0 Å². The summed E-state index contributed by atoms with van der Waals surface area (Å²) in [5, 5.41) is 31.0. The molecule has 0 unspecified atom stereocenters. The third-order valence-electron chi connectivity index (χ3n) is 1.21. The molecule has 0 radical (unpaired) electrons. The molecular formula is C8H13KO8. The zero-order valence-corrected chi connectivity index (χ0v) is 8.25. The molecule has 0 fully saturated rings. The van der Waals surface area contributed by atoms with Gasteiger partial charge in [0.2, 0.25) is 0 Å². The topological polar surface area (TPSA) is 149 Å². The van der Waals surface area contributed by atoms with Crippen LogP contribution in [-0.2, 0) is 19.2 Å². The second kappa shape index (κ2) is 13.6. The summed E-state index contributed by atoms with van der Waals surface area (Å²) in [5.74, 6) is -5.39. The quantitative estimate of drug-likeness (QED) is 0.290. The molecule has 0 aromatic rings. The fourth-order valence-corrected chi connectivity index (χ4v) is 0.552. The summed E-state index contributed by atoms with van der Waals surface area (Å²) in [4.78, 5) is 38.0. The van der Waals surface area contributed by atoms with Crippen molar-refractivity contribution in [2.24, 2.45) is 0 Å². The minimum absolute atomic E-state index is 0. The summed E-state index contributed by atoms with van der Waals surface area (Å²) in [5.41, 5.74) is 0. The average molecular weight is 276 g/mol. The molecule has 0 aliphatic heterocycles. The van der Waals surface area contributed by atoms with Gasteiger partial charge in [0.05, 0.1) is 0 Å². The van der Waals surface area contributed by atoms with Crippen molar-refractivity contribution in [3.63, 3.8) is 0 Å². The molecule has 0 aromatic carbocycles. The van der Waals surface area contributed by atoms with Gasteiger partial charge in [-0.2, -0.15) is 0 Å². The van der Waals surface area contributed by atoms with Crippen molar-refractivity contribution in [1.29, 1.82) is 0 Å². The first-order chi connectivity index (χ1) is 7.27. The summed E-state index contributed by atoms with van der Waals surface area (Å²) in [7, 11) is 0. The first kappa shape index (κ1) is 21.8. The third-order valence-corrected chi connectivity index (χ3v) is 1.21. The summed E-state index contributed by atoms with van der Waals surface area (Å²) in [6.45, 7) is 0. The fraction of sp³-hybridized carbons (Fsp3) is 0.500. The summed E-state index contributed by atoms with van der Waals surface area (Å²) in [6.07, 6.45) is 1.02. The normalized spacial score (nSPS) is 8.00. The Balaban J connectivity index is -0.000000244. The molecule has 0 aliphatic rings. The number of carbonyl (C=O) groups is 4. The Bertz CT molecular complexity index is 247. The van der Waals surface area contributed by atoms with Gasteiger partial charge in [0.25, 0.3) is 0 Å². The molecule has 0 atom stereocenters. The molecule has 0 spiro atoms. The molecule has 0 aromatic heterocycles. The van der Waals surface area contributed by atoms with E-state index in [-0.39, 0.29) is 64.2 Å². The number of carboxylic acid groups (broad SMARTS) is 4. The molecule has 0 amide bonds. The van der Waals surface area contributed by atoms with Crippen LogP contribution < -0.4 is 0 Å². The fourth-order valence-electron chi connectivity index (χ4n) is 0.552. The van der Waals surface area contributed by atoms with Crippen LogP contribution in [0.15, 0.2) is 0 Å². The van der Waals surface area contributed by atoms with E-state index >= 15 is 0 Å². The first-order valence-corrected chi connectivity index (χ1v) is 4.17. The number of hydrogen-bond acceptors (Lipinski definition) is 4. The van der Waals surface area contributed by atoms with Gasteiger partial charge in [-0.25, -0.2) is 9.59 Å². The molecule has 0 bridgehead atoms. The van der Waals surface area contributed by atoms with Gasteiger partial charge in [-0.15, -0.1) is 0 Å². The van der Waals surface area contributed by atoms with E-state index in [0.29, 0.717) is 12.8 Å². The Morgan fingerprint density at radius 3 is 1.00 bits per heavy atom. The zero-order chi connectivity index (χ0) is 13.1. The number of hydrogen-bond donors (Lipinski definition) is 4. The predicted octanol–water partition coefficient (Wildman–Crippen LogP) is -0.777. The first-order valence-electron chi connectivity index (χ1n) is 4.17. The molecule has 94 valence electrons. The minimum atomic E-state index is -1.82. The maximum atomic E-state index is 9.90. The van der Waals surface area contributed by atoms with Gasteiger partial charge in [-0.3, -0.25) is 9.59 Å². The molecule has 0 rings (SSSR count). The number of rotatable bonds is 5. The van der Waals surface area contributed by atoms with Crippen molar-refractivity contribution in [3.05, 3.63) is 0 Å². The summed E-state index contributed by atoms with van der Waals surface area (Å²) >= 11 is 0. The molecule has 4 N–H and O–H groups in total. The van der Waals surface area contributed by atoms with Crippen LogP contribution in [0.25, 0.3) is 0 Å². The van der Waals surface area contributed by atoms with Crippen LogP contribution in [0.4, 0.5) is 0 Å². The van der Waals surface area contributed by atoms with Gasteiger partial charge in [-0.1, -0.05) is 0 Å². The van der Waals surface area contributed by atoms with Crippen molar-refractivity contribution in [2.75, 3.05) is 0 Å². The predicted molar refractivity (Wildman–Crippen MR) is 56.2 cm³/mol. The van der Waals surface area contributed by atoms with Crippen LogP contribution in [0, 0.1) is 0 Å². The second-order valence-corrected chi connectivity index (χ2v) is 2.60. The SMILES string of the molecule is O=C(O)C(=O)O.O=C(O)CCCCC(=O)O.[KH]. The van der Waals surface area contributed by atoms with Gasteiger partial charge in [0, 0.05) is 12.8 Å². The summed E-state index contributed by atoms with van der Waals surface area (Å²) < 4.78 is 0. The van der Waals surface area contributed by atoms with E-state index in [9.17, 15) is 9.59 Å². The van der Waals surface area contributed by atoms with Crippen molar-refractivity contribution in [1.82, 2.24) is 0 Å². The molecule has 0 aliphatic carbocycles. The van der Waals surface area contributed by atoms with E-state index in [1.54, 1.807) is 0 Å². The van der Waals surface area contributed by atoms with E-state index in [2.05, 4.69) is 0 Å². The van der Waals surface area contributed by atoms with E-state index < -0.39 is 23.9 Å². The van der Waals surface area contributed by atoms with Crippen molar-refractivity contribution < 1.29 is 39.6 Å². The van der Waals surface area contributed by atoms with Crippen molar-refractivity contribution >= 4 is 75.3 Å². The van der Waals surface area contributed by atoms with Gasteiger partial charge in [0.15, 0.2) is 0 Å². The zero-order valence-electron chi connectivity index (χ0n) is 8.25. The Hall–Kier alpha value is -0.484. The Labute approximate surface area is 139 Å².